The number of rotatable bonds is 4. The number of carbonyl (C=O) groups excluding carboxylic acids is 1. The smallest absolute Gasteiger partial charge is 0.239 e. The number of nitrogens with two attached hydrogens (primary N) is 1. The van der Waals surface area contributed by atoms with Crippen LogP contribution >= 0.6 is 11.6 Å². The van der Waals surface area contributed by atoms with Gasteiger partial charge in [-0.2, -0.15) is 0 Å². The van der Waals surface area contributed by atoms with Crippen molar-refractivity contribution in [1.29, 1.82) is 0 Å². The Hall–Kier alpha value is -2.15. The van der Waals surface area contributed by atoms with E-state index in [0.29, 0.717) is 31.1 Å². The minimum absolute atomic E-state index is 0.00288. The van der Waals surface area contributed by atoms with Gasteiger partial charge in [-0.15, -0.1) is 0 Å². The molecule has 4 rings (SSSR count). The number of pyridine rings is 1. The molecule has 1 fully saturated rings. The number of halogens is 1. The normalized spacial score (nSPS) is 22.5. The summed E-state index contributed by atoms with van der Waals surface area (Å²) in [7, 11) is 0. The van der Waals surface area contributed by atoms with Crippen molar-refractivity contribution in [3.8, 4) is 0 Å². The summed E-state index contributed by atoms with van der Waals surface area (Å²) in [6.07, 6.45) is 2.41. The molecule has 0 spiro atoms. The van der Waals surface area contributed by atoms with Gasteiger partial charge in [0.05, 0.1) is 24.4 Å². The van der Waals surface area contributed by atoms with E-state index in [1.807, 2.05) is 35.4 Å². The Kier molecular flexibility index (Phi) is 5.76. The molecule has 1 unspecified atom stereocenters. The minimum atomic E-state index is -0.548. The fourth-order valence-electron chi connectivity index (χ4n) is 4.31. The second-order valence-electron chi connectivity index (χ2n) is 7.91. The van der Waals surface area contributed by atoms with Crippen LogP contribution in [0.4, 0.5) is 5.69 Å². The van der Waals surface area contributed by atoms with Gasteiger partial charge in [0.1, 0.15) is 0 Å². The van der Waals surface area contributed by atoms with E-state index in [0.717, 1.165) is 17.8 Å². The van der Waals surface area contributed by atoms with E-state index < -0.39 is 6.04 Å². The van der Waals surface area contributed by atoms with Gasteiger partial charge in [-0.25, -0.2) is 0 Å². The summed E-state index contributed by atoms with van der Waals surface area (Å²) in [4.78, 5) is 21.6. The molecule has 154 valence electrons. The maximum absolute atomic E-state index is 12.9. The summed E-state index contributed by atoms with van der Waals surface area (Å²) < 4.78 is 5.77. The molecule has 2 aliphatic heterocycles. The van der Waals surface area contributed by atoms with Gasteiger partial charge in [0.25, 0.3) is 0 Å². The Morgan fingerprint density at radius 1 is 1.28 bits per heavy atom. The lowest BCUT2D eigenvalue weighted by Gasteiger charge is -2.42. The van der Waals surface area contributed by atoms with Crippen LogP contribution in [0.3, 0.4) is 0 Å². The summed E-state index contributed by atoms with van der Waals surface area (Å²) in [5.41, 5.74) is 10.6. The molecular weight excluding hydrogens is 388 g/mol. The first-order valence-corrected chi connectivity index (χ1v) is 10.5. The Labute approximate surface area is 176 Å². The number of piperazine rings is 1. The van der Waals surface area contributed by atoms with Crippen molar-refractivity contribution in [2.24, 2.45) is 5.73 Å². The third kappa shape index (κ3) is 4.10. The summed E-state index contributed by atoms with van der Waals surface area (Å²) in [6, 6.07) is 9.19. The largest absolute Gasteiger partial charge is 0.367 e. The lowest BCUT2D eigenvalue weighted by Crippen LogP contribution is -2.57. The van der Waals surface area contributed by atoms with Gasteiger partial charge in [0.15, 0.2) is 0 Å². The first-order valence-electron chi connectivity index (χ1n) is 10.1. The van der Waals surface area contributed by atoms with E-state index in [2.05, 4.69) is 29.8 Å². The van der Waals surface area contributed by atoms with Crippen molar-refractivity contribution in [2.45, 2.75) is 45.1 Å². The second-order valence-corrected chi connectivity index (χ2v) is 8.34. The molecule has 2 aliphatic rings. The van der Waals surface area contributed by atoms with Crippen LogP contribution in [0.1, 0.15) is 36.8 Å². The number of fused-ring (bicyclic) bond motifs is 1. The van der Waals surface area contributed by atoms with E-state index >= 15 is 0 Å². The second kappa shape index (κ2) is 8.30. The topological polar surface area (TPSA) is 71.7 Å². The SMILES string of the molecule is CC1OCc2nccc(N3CCN(C(=O)[C@H](N)Cc4ccc(Cl)cc4)C[C@@H]3C)c21. The standard InChI is InChI=1S/C22H27ClN4O2/c1-14-12-26(22(28)18(24)11-16-3-5-17(23)6-4-16)9-10-27(14)20-7-8-25-19-13-29-15(2)21(19)20/h3-8,14-15,18H,9-13,24H2,1-2H3/t14-,15?,18+/m0/s1. The van der Waals surface area contributed by atoms with Crippen LogP contribution in [0.5, 0.6) is 0 Å². The van der Waals surface area contributed by atoms with Crippen LogP contribution < -0.4 is 10.6 Å². The van der Waals surface area contributed by atoms with Crippen LogP contribution in [0.2, 0.25) is 5.02 Å². The highest BCUT2D eigenvalue weighted by Crippen LogP contribution is 2.37. The monoisotopic (exact) mass is 414 g/mol. The number of benzene rings is 1. The molecule has 29 heavy (non-hydrogen) atoms. The number of aromatic nitrogens is 1. The Morgan fingerprint density at radius 3 is 2.76 bits per heavy atom. The molecule has 0 saturated carbocycles. The fraction of sp³-hybridized carbons (Fsp3) is 0.455. The quantitative estimate of drug-likeness (QED) is 0.832. The molecular formula is C22H27ClN4O2. The minimum Gasteiger partial charge on any atom is -0.367 e. The third-order valence-corrected chi connectivity index (χ3v) is 6.11. The van der Waals surface area contributed by atoms with E-state index in [1.54, 1.807) is 0 Å². The summed E-state index contributed by atoms with van der Waals surface area (Å²) in [5.74, 6) is 0.00288. The number of nitrogens with zero attached hydrogens (tertiary/aromatic N) is 3. The first-order chi connectivity index (χ1) is 13.9. The molecule has 0 radical (unpaired) electrons. The van der Waals surface area contributed by atoms with Crippen LogP contribution in [0, 0.1) is 0 Å². The van der Waals surface area contributed by atoms with E-state index in [1.165, 1.54) is 11.3 Å². The lowest BCUT2D eigenvalue weighted by molar-refractivity contribution is -0.133. The van der Waals surface area contributed by atoms with Gasteiger partial charge in [-0.3, -0.25) is 9.78 Å². The van der Waals surface area contributed by atoms with Gasteiger partial charge in [-0.05, 0) is 44.0 Å². The van der Waals surface area contributed by atoms with E-state index in [-0.39, 0.29) is 18.1 Å². The number of carbonyl (C=O) groups is 1. The van der Waals surface area contributed by atoms with Crippen molar-refractivity contribution >= 4 is 23.2 Å². The highest BCUT2D eigenvalue weighted by molar-refractivity contribution is 6.30. The zero-order valence-corrected chi connectivity index (χ0v) is 17.6. The average Bonchev–Trinajstić information content (AvgIpc) is 3.10. The van der Waals surface area contributed by atoms with Gasteiger partial charge >= 0.3 is 0 Å². The highest BCUT2D eigenvalue weighted by atomic mass is 35.5. The van der Waals surface area contributed by atoms with Crippen LogP contribution in [-0.2, 0) is 22.6 Å². The number of ether oxygens (including phenoxy) is 1. The molecule has 0 bridgehead atoms. The van der Waals surface area contributed by atoms with Crippen LogP contribution in [0.15, 0.2) is 36.5 Å². The molecule has 3 atom stereocenters. The number of anilines is 1. The molecule has 2 N–H and O–H groups in total. The fourth-order valence-corrected chi connectivity index (χ4v) is 4.44. The Balaban J connectivity index is 1.42. The van der Waals surface area contributed by atoms with Gasteiger partial charge in [0, 0.05) is 48.1 Å². The molecule has 1 aromatic heterocycles. The first kappa shape index (κ1) is 20.1. The van der Waals surface area contributed by atoms with Crippen molar-refractivity contribution in [3.05, 3.63) is 58.4 Å². The zero-order valence-electron chi connectivity index (χ0n) is 16.8. The highest BCUT2D eigenvalue weighted by Gasteiger charge is 2.33. The van der Waals surface area contributed by atoms with Crippen molar-refractivity contribution in [2.75, 3.05) is 24.5 Å². The summed E-state index contributed by atoms with van der Waals surface area (Å²) in [6.45, 7) is 6.86. The lowest BCUT2D eigenvalue weighted by atomic mass is 10.0. The predicted molar refractivity (Wildman–Crippen MR) is 114 cm³/mol. The maximum Gasteiger partial charge on any atom is 0.239 e. The number of amides is 1. The van der Waals surface area contributed by atoms with Crippen molar-refractivity contribution in [1.82, 2.24) is 9.88 Å². The molecule has 1 amide bonds. The van der Waals surface area contributed by atoms with Crippen molar-refractivity contribution < 1.29 is 9.53 Å². The molecule has 3 heterocycles. The van der Waals surface area contributed by atoms with Crippen LogP contribution in [-0.4, -0.2) is 47.5 Å². The maximum atomic E-state index is 12.9. The number of hydrogen-bond donors (Lipinski definition) is 1. The average molecular weight is 415 g/mol. The van der Waals surface area contributed by atoms with Gasteiger partial charge < -0.3 is 20.3 Å². The predicted octanol–water partition coefficient (Wildman–Crippen LogP) is 2.93. The molecule has 2 aromatic rings. The Morgan fingerprint density at radius 2 is 2.03 bits per heavy atom. The van der Waals surface area contributed by atoms with Gasteiger partial charge in [0.2, 0.25) is 5.91 Å². The molecule has 7 heteroatoms. The Bertz CT molecular complexity index is 889. The molecule has 1 aromatic carbocycles. The van der Waals surface area contributed by atoms with E-state index in [9.17, 15) is 4.79 Å². The molecule has 6 nitrogen and oxygen atoms in total. The summed E-state index contributed by atoms with van der Waals surface area (Å²) >= 11 is 5.93. The molecule has 0 aliphatic carbocycles. The van der Waals surface area contributed by atoms with Gasteiger partial charge in [-0.1, -0.05) is 23.7 Å². The van der Waals surface area contributed by atoms with Crippen LogP contribution in [0.25, 0.3) is 0 Å². The third-order valence-electron chi connectivity index (χ3n) is 5.86. The zero-order chi connectivity index (χ0) is 20.5. The molecule has 1 saturated heterocycles. The summed E-state index contributed by atoms with van der Waals surface area (Å²) in [5, 5.41) is 0.681. The van der Waals surface area contributed by atoms with Crippen molar-refractivity contribution in [3.63, 3.8) is 0 Å². The number of hydrogen-bond acceptors (Lipinski definition) is 5. The van der Waals surface area contributed by atoms with E-state index in [4.69, 9.17) is 22.1 Å².